The molecule has 1 unspecified atom stereocenters. The second kappa shape index (κ2) is 8.61. The Morgan fingerprint density at radius 3 is 2.61 bits per heavy atom. The first-order valence-corrected chi connectivity index (χ1v) is 7.16. The van der Waals surface area contributed by atoms with E-state index in [0.29, 0.717) is 12.0 Å². The smallest absolute Gasteiger partial charge is 0.422 e. The number of amides is 1. The summed E-state index contributed by atoms with van der Waals surface area (Å²) >= 11 is 0. The Bertz CT molecular complexity index is 521. The van der Waals surface area contributed by atoms with Gasteiger partial charge in [0.15, 0.2) is 18.1 Å². The van der Waals surface area contributed by atoms with Gasteiger partial charge in [-0.25, -0.2) is 0 Å². The first kappa shape index (κ1) is 19.1. The number of halogens is 3. The zero-order valence-corrected chi connectivity index (χ0v) is 13.1. The highest BCUT2D eigenvalue weighted by atomic mass is 19.4. The highest BCUT2D eigenvalue weighted by Gasteiger charge is 2.29. The SMILES string of the molecule is CCCC(N)C(=O)NCc1ccc(OCC(F)(F)F)c(OC)c1. The van der Waals surface area contributed by atoms with Gasteiger partial charge in [-0.3, -0.25) is 4.79 Å². The summed E-state index contributed by atoms with van der Waals surface area (Å²) in [6, 6.07) is 3.87. The highest BCUT2D eigenvalue weighted by molar-refractivity contribution is 5.81. The van der Waals surface area contributed by atoms with E-state index in [4.69, 9.17) is 10.5 Å². The molecule has 0 aromatic heterocycles. The van der Waals surface area contributed by atoms with E-state index >= 15 is 0 Å². The van der Waals surface area contributed by atoms with Crippen LogP contribution in [0.5, 0.6) is 11.5 Å². The Kier molecular flexibility index (Phi) is 7.15. The van der Waals surface area contributed by atoms with Crippen molar-refractivity contribution in [1.29, 1.82) is 0 Å². The number of nitrogens with one attached hydrogen (secondary N) is 1. The van der Waals surface area contributed by atoms with Crippen LogP contribution in [0.25, 0.3) is 0 Å². The molecule has 0 spiro atoms. The molecule has 3 N–H and O–H groups in total. The molecule has 0 aliphatic carbocycles. The summed E-state index contributed by atoms with van der Waals surface area (Å²) < 4.78 is 46.2. The molecule has 8 heteroatoms. The molecule has 1 rings (SSSR count). The number of carbonyl (C=O) groups is 1. The quantitative estimate of drug-likeness (QED) is 0.765. The van der Waals surface area contributed by atoms with Crippen molar-refractivity contribution < 1.29 is 27.4 Å². The molecule has 5 nitrogen and oxygen atoms in total. The molecule has 0 saturated heterocycles. The Morgan fingerprint density at radius 2 is 2.04 bits per heavy atom. The lowest BCUT2D eigenvalue weighted by Gasteiger charge is -2.14. The predicted octanol–water partition coefficient (Wildman–Crippen LogP) is 2.38. The van der Waals surface area contributed by atoms with E-state index in [1.54, 1.807) is 6.07 Å². The fraction of sp³-hybridized carbons (Fsp3) is 0.533. The number of hydrogen-bond acceptors (Lipinski definition) is 4. The van der Waals surface area contributed by atoms with Crippen molar-refractivity contribution in [2.45, 2.75) is 38.5 Å². The summed E-state index contributed by atoms with van der Waals surface area (Å²) in [6.45, 7) is 0.731. The van der Waals surface area contributed by atoms with Crippen LogP contribution >= 0.6 is 0 Å². The lowest BCUT2D eigenvalue weighted by molar-refractivity contribution is -0.153. The Labute approximate surface area is 132 Å². The number of carbonyl (C=O) groups excluding carboxylic acids is 1. The predicted molar refractivity (Wildman–Crippen MR) is 79.3 cm³/mol. The maximum absolute atomic E-state index is 12.2. The van der Waals surface area contributed by atoms with Crippen LogP contribution in [0, 0.1) is 0 Å². The third-order valence-electron chi connectivity index (χ3n) is 3.02. The Balaban J connectivity index is 2.66. The molecular weight excluding hydrogens is 313 g/mol. The molecule has 1 aromatic rings. The Morgan fingerprint density at radius 1 is 1.35 bits per heavy atom. The second-order valence-electron chi connectivity index (χ2n) is 5.00. The van der Waals surface area contributed by atoms with E-state index < -0.39 is 18.8 Å². The number of methoxy groups -OCH3 is 1. The molecule has 1 atom stereocenters. The molecule has 1 aromatic carbocycles. The van der Waals surface area contributed by atoms with Crippen LogP contribution in [0.4, 0.5) is 13.2 Å². The number of hydrogen-bond donors (Lipinski definition) is 2. The fourth-order valence-electron chi connectivity index (χ4n) is 1.86. The zero-order chi connectivity index (χ0) is 17.5. The topological polar surface area (TPSA) is 73.6 Å². The van der Waals surface area contributed by atoms with Gasteiger partial charge in [-0.2, -0.15) is 13.2 Å². The molecule has 23 heavy (non-hydrogen) atoms. The van der Waals surface area contributed by atoms with Crippen molar-refractivity contribution in [3.8, 4) is 11.5 Å². The minimum Gasteiger partial charge on any atom is -0.493 e. The summed E-state index contributed by atoms with van der Waals surface area (Å²) in [5, 5.41) is 2.67. The molecule has 0 aliphatic heterocycles. The molecule has 0 heterocycles. The fourth-order valence-corrected chi connectivity index (χ4v) is 1.86. The summed E-state index contributed by atoms with van der Waals surface area (Å²) in [5.41, 5.74) is 6.35. The minimum atomic E-state index is -4.42. The van der Waals surface area contributed by atoms with E-state index in [2.05, 4.69) is 10.1 Å². The Hall–Kier alpha value is -1.96. The summed E-state index contributed by atoms with van der Waals surface area (Å²) in [4.78, 5) is 11.7. The summed E-state index contributed by atoms with van der Waals surface area (Å²) in [5.74, 6) is -0.121. The van der Waals surface area contributed by atoms with Gasteiger partial charge in [0.25, 0.3) is 0 Å². The first-order valence-electron chi connectivity index (χ1n) is 7.16. The van der Waals surface area contributed by atoms with Crippen molar-refractivity contribution >= 4 is 5.91 Å². The monoisotopic (exact) mass is 334 g/mol. The number of ether oxygens (including phenoxy) is 2. The second-order valence-corrected chi connectivity index (χ2v) is 5.00. The molecule has 130 valence electrons. The standard InChI is InChI=1S/C15H21F3N2O3/c1-3-4-11(19)14(21)20-8-10-5-6-12(13(7-10)22-2)23-9-15(16,17)18/h5-7,11H,3-4,8-9,19H2,1-2H3,(H,20,21). The van der Waals surface area contributed by atoms with E-state index in [1.807, 2.05) is 6.92 Å². The van der Waals surface area contributed by atoms with Crippen LogP contribution in [0.1, 0.15) is 25.3 Å². The van der Waals surface area contributed by atoms with Crippen molar-refractivity contribution in [2.24, 2.45) is 5.73 Å². The van der Waals surface area contributed by atoms with E-state index in [9.17, 15) is 18.0 Å². The van der Waals surface area contributed by atoms with Gasteiger partial charge in [-0.15, -0.1) is 0 Å². The van der Waals surface area contributed by atoms with Crippen LogP contribution in [-0.2, 0) is 11.3 Å². The van der Waals surface area contributed by atoms with Crippen molar-refractivity contribution in [3.05, 3.63) is 23.8 Å². The average molecular weight is 334 g/mol. The average Bonchev–Trinajstić information content (AvgIpc) is 2.50. The van der Waals surface area contributed by atoms with E-state index in [1.165, 1.54) is 19.2 Å². The van der Waals surface area contributed by atoms with Gasteiger partial charge in [-0.1, -0.05) is 19.4 Å². The largest absolute Gasteiger partial charge is 0.493 e. The first-order chi connectivity index (χ1) is 10.8. The molecule has 0 bridgehead atoms. The highest BCUT2D eigenvalue weighted by Crippen LogP contribution is 2.29. The van der Waals surface area contributed by atoms with Gasteiger partial charge in [0.1, 0.15) is 0 Å². The van der Waals surface area contributed by atoms with Crippen molar-refractivity contribution in [1.82, 2.24) is 5.32 Å². The maximum atomic E-state index is 12.2. The molecular formula is C15H21F3N2O3. The lowest BCUT2D eigenvalue weighted by atomic mass is 10.1. The zero-order valence-electron chi connectivity index (χ0n) is 13.1. The van der Waals surface area contributed by atoms with Crippen LogP contribution < -0.4 is 20.5 Å². The van der Waals surface area contributed by atoms with E-state index in [0.717, 1.165) is 6.42 Å². The third-order valence-corrected chi connectivity index (χ3v) is 3.02. The van der Waals surface area contributed by atoms with Gasteiger partial charge in [0.05, 0.1) is 13.2 Å². The van der Waals surface area contributed by atoms with Gasteiger partial charge in [0.2, 0.25) is 5.91 Å². The lowest BCUT2D eigenvalue weighted by Crippen LogP contribution is -2.40. The summed E-state index contributed by atoms with van der Waals surface area (Å²) in [6.07, 6.45) is -3.04. The molecule has 1 amide bonds. The van der Waals surface area contributed by atoms with Crippen molar-refractivity contribution in [2.75, 3.05) is 13.7 Å². The molecule has 0 aliphatic rings. The van der Waals surface area contributed by atoms with Crippen LogP contribution in [0.3, 0.4) is 0 Å². The minimum absolute atomic E-state index is 0.0115. The maximum Gasteiger partial charge on any atom is 0.422 e. The van der Waals surface area contributed by atoms with Crippen molar-refractivity contribution in [3.63, 3.8) is 0 Å². The number of alkyl halides is 3. The summed E-state index contributed by atoms with van der Waals surface area (Å²) in [7, 11) is 1.33. The molecule has 0 saturated carbocycles. The number of benzene rings is 1. The van der Waals surface area contributed by atoms with Gasteiger partial charge in [0, 0.05) is 6.54 Å². The van der Waals surface area contributed by atoms with Gasteiger partial charge >= 0.3 is 6.18 Å². The normalized spacial score (nSPS) is 12.6. The van der Waals surface area contributed by atoms with E-state index in [-0.39, 0.29) is 24.0 Å². The van der Waals surface area contributed by atoms with Gasteiger partial charge in [-0.05, 0) is 24.1 Å². The van der Waals surface area contributed by atoms with Crippen LogP contribution in [0.15, 0.2) is 18.2 Å². The number of rotatable bonds is 8. The van der Waals surface area contributed by atoms with Gasteiger partial charge < -0.3 is 20.5 Å². The third kappa shape index (κ3) is 6.77. The molecule has 0 fully saturated rings. The molecule has 0 radical (unpaired) electrons. The van der Waals surface area contributed by atoms with Crippen LogP contribution in [-0.4, -0.2) is 31.8 Å². The van der Waals surface area contributed by atoms with Crippen LogP contribution in [0.2, 0.25) is 0 Å². The number of nitrogens with two attached hydrogens (primary N) is 1.